The number of Topliss-reactive ketones (excluding diaryl/α,β-unsaturated/α-hetero) is 1. The van der Waals surface area contributed by atoms with Crippen molar-refractivity contribution in [1.29, 1.82) is 0 Å². The van der Waals surface area contributed by atoms with Gasteiger partial charge in [-0.3, -0.25) is 4.79 Å². The largest absolute Gasteiger partial charge is 0.457 e. The molecule has 0 bridgehead atoms. The molecule has 2 heterocycles. The van der Waals surface area contributed by atoms with Crippen LogP contribution in [0.5, 0.6) is 5.75 Å². The van der Waals surface area contributed by atoms with Crippen LogP contribution < -0.4 is 9.64 Å². The summed E-state index contributed by atoms with van der Waals surface area (Å²) in [7, 11) is 0. The van der Waals surface area contributed by atoms with Gasteiger partial charge in [0.15, 0.2) is 5.71 Å². The molecule has 6 rings (SSSR count). The van der Waals surface area contributed by atoms with Crippen LogP contribution in [0.15, 0.2) is 120 Å². The number of hydrogen-bond acceptors (Lipinski definition) is 3. The molecular formula is C45H53N2O2+. The zero-order valence-electron chi connectivity index (χ0n) is 30.6. The number of allylic oxidation sites excluding steroid dienone is 7. The lowest BCUT2D eigenvalue weighted by Gasteiger charge is -2.26. The molecule has 2 aliphatic heterocycles. The van der Waals surface area contributed by atoms with E-state index < -0.39 is 0 Å². The molecule has 0 unspecified atom stereocenters. The summed E-state index contributed by atoms with van der Waals surface area (Å²) in [5, 5.41) is 0. The summed E-state index contributed by atoms with van der Waals surface area (Å²) in [5.74, 6) is 2.09. The van der Waals surface area contributed by atoms with Gasteiger partial charge in [-0.15, -0.1) is 0 Å². The second-order valence-corrected chi connectivity index (χ2v) is 14.6. The van der Waals surface area contributed by atoms with Gasteiger partial charge in [-0.2, -0.15) is 4.58 Å². The maximum absolute atomic E-state index is 11.9. The molecule has 4 heteroatoms. The number of anilines is 1. The SMILES string of the molecule is CCC(=O)CCc1ccc(OC2=C(/C=C/C3=[N+](CC)c4ccccc4C3(C)C)CCC/C2=C\C=C2\N(CC)c3ccccc3C2(C)C)cc1. The van der Waals surface area contributed by atoms with Crippen LogP contribution >= 0.6 is 0 Å². The first-order valence-corrected chi connectivity index (χ1v) is 18.3. The molecule has 0 N–H and O–H groups in total. The van der Waals surface area contributed by atoms with E-state index in [0.717, 1.165) is 55.8 Å². The van der Waals surface area contributed by atoms with Gasteiger partial charge in [-0.05, 0) is 106 Å². The second-order valence-electron chi connectivity index (χ2n) is 14.6. The number of carbonyl (C=O) groups is 1. The Morgan fingerprint density at radius 3 is 2.27 bits per heavy atom. The quantitative estimate of drug-likeness (QED) is 0.193. The molecule has 0 atom stereocenters. The van der Waals surface area contributed by atoms with Crippen molar-refractivity contribution >= 4 is 22.9 Å². The number of benzene rings is 3. The van der Waals surface area contributed by atoms with E-state index in [4.69, 9.17) is 4.74 Å². The number of ether oxygens (including phenoxy) is 1. The highest BCUT2D eigenvalue weighted by Gasteiger charge is 2.43. The van der Waals surface area contributed by atoms with E-state index in [1.165, 1.54) is 45.1 Å². The van der Waals surface area contributed by atoms with Gasteiger partial charge in [0.05, 0.1) is 5.41 Å². The highest BCUT2D eigenvalue weighted by atomic mass is 16.5. The molecule has 3 aromatic rings. The number of fused-ring (bicyclic) bond motifs is 2. The molecule has 0 saturated heterocycles. The molecule has 4 nitrogen and oxygen atoms in total. The molecule has 1 aliphatic carbocycles. The van der Waals surface area contributed by atoms with Crippen LogP contribution in [-0.2, 0) is 22.0 Å². The van der Waals surface area contributed by atoms with Crippen molar-refractivity contribution in [2.75, 3.05) is 18.0 Å². The van der Waals surface area contributed by atoms with E-state index in [9.17, 15) is 4.79 Å². The molecule has 0 aromatic heterocycles. The molecule has 0 fully saturated rings. The zero-order chi connectivity index (χ0) is 34.8. The van der Waals surface area contributed by atoms with Crippen LogP contribution in [0.1, 0.15) is 97.3 Å². The Hall–Kier alpha value is -4.44. The van der Waals surface area contributed by atoms with Crippen LogP contribution in [0.4, 0.5) is 11.4 Å². The highest BCUT2D eigenvalue weighted by molar-refractivity contribution is 6.03. The molecule has 0 radical (unpaired) electrons. The Morgan fingerprint density at radius 1 is 0.837 bits per heavy atom. The molecule has 254 valence electrons. The number of ketones is 1. The van der Waals surface area contributed by atoms with E-state index in [-0.39, 0.29) is 10.8 Å². The third kappa shape index (κ3) is 6.63. The summed E-state index contributed by atoms with van der Waals surface area (Å²) in [6, 6.07) is 25.9. The Morgan fingerprint density at radius 2 is 1.55 bits per heavy atom. The van der Waals surface area contributed by atoms with E-state index >= 15 is 0 Å². The molecular weight excluding hydrogens is 601 g/mol. The van der Waals surface area contributed by atoms with Crippen molar-refractivity contribution in [3.8, 4) is 5.75 Å². The first-order valence-electron chi connectivity index (χ1n) is 18.3. The van der Waals surface area contributed by atoms with Gasteiger partial charge >= 0.3 is 0 Å². The lowest BCUT2D eigenvalue weighted by molar-refractivity contribution is -0.433. The minimum absolute atomic E-state index is 0.0932. The Labute approximate surface area is 294 Å². The fourth-order valence-electron chi connectivity index (χ4n) is 7.98. The van der Waals surface area contributed by atoms with Crippen molar-refractivity contribution in [3.05, 3.63) is 136 Å². The number of nitrogens with zero attached hydrogens (tertiary/aromatic N) is 2. The van der Waals surface area contributed by atoms with E-state index in [1.807, 2.05) is 6.92 Å². The Kier molecular flexibility index (Phi) is 9.97. The molecule has 0 amide bonds. The highest BCUT2D eigenvalue weighted by Crippen LogP contribution is 2.48. The van der Waals surface area contributed by atoms with Crippen molar-refractivity contribution < 1.29 is 14.1 Å². The predicted molar refractivity (Wildman–Crippen MR) is 204 cm³/mol. The van der Waals surface area contributed by atoms with Crippen LogP contribution in [0.25, 0.3) is 0 Å². The van der Waals surface area contributed by atoms with Crippen molar-refractivity contribution in [2.24, 2.45) is 0 Å². The second kappa shape index (κ2) is 14.2. The summed E-state index contributed by atoms with van der Waals surface area (Å²) in [6.07, 6.45) is 14.3. The molecule has 3 aromatic carbocycles. The summed E-state index contributed by atoms with van der Waals surface area (Å²) >= 11 is 0. The van der Waals surface area contributed by atoms with E-state index in [1.54, 1.807) is 0 Å². The third-order valence-electron chi connectivity index (χ3n) is 10.8. The maximum atomic E-state index is 11.9. The van der Waals surface area contributed by atoms with E-state index in [2.05, 4.69) is 148 Å². The van der Waals surface area contributed by atoms with Gasteiger partial charge in [0.25, 0.3) is 0 Å². The van der Waals surface area contributed by atoms with Gasteiger partial charge in [-0.1, -0.05) is 75.4 Å². The average Bonchev–Trinajstić information content (AvgIpc) is 3.47. The van der Waals surface area contributed by atoms with Gasteiger partial charge in [0.1, 0.15) is 23.8 Å². The Bertz CT molecular complexity index is 1880. The fraction of sp³-hybridized carbons (Fsp3) is 0.378. The predicted octanol–water partition coefficient (Wildman–Crippen LogP) is 10.7. The normalized spacial score (nSPS) is 19.7. The topological polar surface area (TPSA) is 32.6 Å². The minimum atomic E-state index is -0.0932. The van der Waals surface area contributed by atoms with Gasteiger partial charge < -0.3 is 9.64 Å². The number of carbonyl (C=O) groups excluding carboxylic acids is 1. The number of hydrogen-bond donors (Lipinski definition) is 0. The van der Waals surface area contributed by atoms with E-state index in [0.29, 0.717) is 18.6 Å². The molecule has 49 heavy (non-hydrogen) atoms. The number of rotatable bonds is 11. The number of likely N-dealkylation sites (N-methyl/N-ethyl adjacent to an activating group) is 1. The van der Waals surface area contributed by atoms with Gasteiger partial charge in [-0.25, -0.2) is 0 Å². The molecule has 0 saturated carbocycles. The van der Waals surface area contributed by atoms with Crippen LogP contribution in [0.3, 0.4) is 0 Å². The lowest BCUT2D eigenvalue weighted by Crippen LogP contribution is -2.27. The average molecular weight is 654 g/mol. The number of aryl methyl sites for hydroxylation is 1. The summed E-state index contributed by atoms with van der Waals surface area (Å²) < 4.78 is 9.33. The van der Waals surface area contributed by atoms with Crippen molar-refractivity contribution in [2.45, 2.75) is 97.8 Å². The first-order chi connectivity index (χ1) is 23.6. The summed E-state index contributed by atoms with van der Waals surface area (Å²) in [6.45, 7) is 17.6. The third-order valence-corrected chi connectivity index (χ3v) is 10.8. The lowest BCUT2D eigenvalue weighted by atomic mass is 9.81. The molecule has 0 spiro atoms. The van der Waals surface area contributed by atoms with Crippen LogP contribution in [-0.4, -0.2) is 29.2 Å². The number of para-hydroxylation sites is 2. The maximum Gasteiger partial charge on any atom is 0.209 e. The van der Waals surface area contributed by atoms with Gasteiger partial charge in [0.2, 0.25) is 5.69 Å². The standard InChI is InChI=1S/C45H53N2O2/c1-8-35(48)27-22-32-23-28-36(29-24-32)49-43-33(25-30-41-44(4,5)37-18-11-13-20-39(37)46(41)9-2)16-15-17-34(43)26-31-42-45(6,7)38-19-12-14-21-40(38)47(42)10-3/h11-14,18-21,23-26,28-31H,8-10,15-17,22,27H2,1-7H3/q+1. The monoisotopic (exact) mass is 653 g/mol. The Balaban J connectivity index is 1.40. The molecule has 3 aliphatic rings. The van der Waals surface area contributed by atoms with Crippen LogP contribution in [0.2, 0.25) is 0 Å². The van der Waals surface area contributed by atoms with Crippen LogP contribution in [0, 0.1) is 0 Å². The zero-order valence-corrected chi connectivity index (χ0v) is 30.6. The first kappa shape index (κ1) is 34.4. The van der Waals surface area contributed by atoms with Gasteiger partial charge in [0, 0.05) is 53.9 Å². The fourth-order valence-corrected chi connectivity index (χ4v) is 7.98. The summed E-state index contributed by atoms with van der Waals surface area (Å²) in [5.41, 5.74) is 11.4. The minimum Gasteiger partial charge on any atom is -0.457 e. The summed E-state index contributed by atoms with van der Waals surface area (Å²) in [4.78, 5) is 14.4. The smallest absolute Gasteiger partial charge is 0.209 e. The van der Waals surface area contributed by atoms with Crippen molar-refractivity contribution in [1.82, 2.24) is 0 Å². The van der Waals surface area contributed by atoms with Crippen molar-refractivity contribution in [3.63, 3.8) is 0 Å².